The number of phenols is 2. The minimum absolute atomic E-state index is 0.0130. The lowest BCUT2D eigenvalue weighted by molar-refractivity contribution is -0.120. The van der Waals surface area contributed by atoms with E-state index in [1.807, 2.05) is 0 Å². The topological polar surface area (TPSA) is 121 Å². The van der Waals surface area contributed by atoms with Crippen LogP contribution in [0, 0.1) is 0 Å². The molecule has 0 aliphatic heterocycles. The number of aliphatic hydroxyl groups excluding tert-OH is 1. The maximum absolute atomic E-state index is 12.4. The number of allylic oxidation sites excluding steroid dienone is 2. The molecule has 1 aliphatic rings. The quantitative estimate of drug-likeness (QED) is 0.567. The number of ketones is 3. The average molecular weight is 332 g/mol. The van der Waals surface area contributed by atoms with Crippen molar-refractivity contribution in [1.82, 2.24) is 0 Å². The fraction of sp³-hybridized carbons (Fsp3) is 0.235. The average Bonchev–Trinajstić information content (AvgIpc) is 2.52. The molecule has 0 saturated carbocycles. The second kappa shape index (κ2) is 6.19. The van der Waals surface area contributed by atoms with Gasteiger partial charge in [0.15, 0.2) is 5.78 Å². The van der Waals surface area contributed by atoms with Crippen LogP contribution < -0.4 is 0 Å². The molecule has 0 heterocycles. The van der Waals surface area contributed by atoms with E-state index in [9.17, 15) is 29.7 Å². The first kappa shape index (κ1) is 17.3. The summed E-state index contributed by atoms with van der Waals surface area (Å²) in [7, 11) is 1.14. The van der Waals surface area contributed by atoms with Gasteiger partial charge in [-0.05, 0) is 26.0 Å². The first-order valence-electron chi connectivity index (χ1n) is 7.01. The van der Waals surface area contributed by atoms with E-state index in [2.05, 4.69) is 0 Å². The molecule has 0 bridgehead atoms. The summed E-state index contributed by atoms with van der Waals surface area (Å²) in [6.07, 6.45) is -0.296. The van der Waals surface area contributed by atoms with Gasteiger partial charge in [-0.3, -0.25) is 14.4 Å². The van der Waals surface area contributed by atoms with Gasteiger partial charge in [0, 0.05) is 23.1 Å². The van der Waals surface area contributed by atoms with Crippen LogP contribution in [0.15, 0.2) is 34.8 Å². The number of carbonyl (C=O) groups excluding carboxylic acids is 3. The third kappa shape index (κ3) is 2.64. The monoisotopic (exact) mass is 332 g/mol. The van der Waals surface area contributed by atoms with Crippen LogP contribution in [-0.2, 0) is 20.7 Å². The van der Waals surface area contributed by atoms with Crippen LogP contribution in [0.1, 0.15) is 29.8 Å². The highest BCUT2D eigenvalue weighted by molar-refractivity contribution is 6.23. The molecular formula is C17H16O7. The number of Topliss-reactive ketones (excluding diaryl/α,β-unsaturated/α-hetero) is 3. The Morgan fingerprint density at radius 3 is 2.29 bits per heavy atom. The fourth-order valence-corrected chi connectivity index (χ4v) is 2.50. The molecule has 1 aromatic rings. The molecule has 0 fully saturated rings. The van der Waals surface area contributed by atoms with Gasteiger partial charge in [0.2, 0.25) is 23.1 Å². The molecule has 0 amide bonds. The summed E-state index contributed by atoms with van der Waals surface area (Å²) >= 11 is 0. The van der Waals surface area contributed by atoms with E-state index in [-0.39, 0.29) is 34.4 Å². The molecule has 2 rings (SSSR count). The van der Waals surface area contributed by atoms with E-state index in [0.29, 0.717) is 0 Å². The number of hydrogen-bond donors (Lipinski definition) is 3. The van der Waals surface area contributed by atoms with Crippen molar-refractivity contribution >= 4 is 17.3 Å². The first-order chi connectivity index (χ1) is 11.2. The lowest BCUT2D eigenvalue weighted by Crippen LogP contribution is -2.25. The van der Waals surface area contributed by atoms with Crippen molar-refractivity contribution in [3.05, 3.63) is 45.9 Å². The van der Waals surface area contributed by atoms with Crippen molar-refractivity contribution in [3.63, 3.8) is 0 Å². The van der Waals surface area contributed by atoms with E-state index < -0.39 is 34.6 Å². The minimum Gasteiger partial charge on any atom is -0.508 e. The maximum atomic E-state index is 12.4. The standard InChI is InChI=1S/C17H16O7/c1-7-10(15(22)17(24-3)16(23)13(7)20)6-11-12(19)5-4-9(8(2)18)14(11)21/h4-5,19,21,23H,6H2,1-3H3. The van der Waals surface area contributed by atoms with Crippen molar-refractivity contribution < 1.29 is 34.4 Å². The van der Waals surface area contributed by atoms with Gasteiger partial charge in [-0.15, -0.1) is 0 Å². The maximum Gasteiger partial charge on any atom is 0.228 e. The number of hydrogen-bond acceptors (Lipinski definition) is 7. The van der Waals surface area contributed by atoms with Crippen molar-refractivity contribution in [1.29, 1.82) is 0 Å². The second-order valence-corrected chi connectivity index (χ2v) is 5.34. The van der Waals surface area contributed by atoms with Crippen LogP contribution in [-0.4, -0.2) is 39.8 Å². The Morgan fingerprint density at radius 2 is 1.75 bits per heavy atom. The number of rotatable bonds is 4. The largest absolute Gasteiger partial charge is 0.508 e. The van der Waals surface area contributed by atoms with Crippen molar-refractivity contribution in [2.45, 2.75) is 20.3 Å². The molecule has 0 spiro atoms. The Labute approximate surface area is 137 Å². The second-order valence-electron chi connectivity index (χ2n) is 5.34. The molecule has 3 N–H and O–H groups in total. The molecule has 0 radical (unpaired) electrons. The number of benzene rings is 1. The molecule has 24 heavy (non-hydrogen) atoms. The van der Waals surface area contributed by atoms with Crippen molar-refractivity contribution in [2.75, 3.05) is 7.11 Å². The van der Waals surface area contributed by atoms with E-state index in [4.69, 9.17) is 4.74 Å². The molecule has 0 aromatic heterocycles. The summed E-state index contributed by atoms with van der Waals surface area (Å²) < 4.78 is 4.77. The minimum atomic E-state index is -0.783. The Hall–Kier alpha value is -3.09. The Balaban J connectivity index is 2.56. The highest BCUT2D eigenvalue weighted by atomic mass is 16.5. The normalized spacial score (nSPS) is 15.1. The Kier molecular flexibility index (Phi) is 4.45. The van der Waals surface area contributed by atoms with E-state index in [1.165, 1.54) is 26.0 Å². The number of carbonyl (C=O) groups is 3. The van der Waals surface area contributed by atoms with E-state index in [1.54, 1.807) is 0 Å². The summed E-state index contributed by atoms with van der Waals surface area (Å²) in [5.74, 6) is -3.98. The predicted molar refractivity (Wildman–Crippen MR) is 82.9 cm³/mol. The zero-order valence-electron chi connectivity index (χ0n) is 13.3. The fourth-order valence-electron chi connectivity index (χ4n) is 2.50. The molecule has 1 aliphatic carbocycles. The summed E-state index contributed by atoms with van der Waals surface area (Å²) in [5.41, 5.74) is -0.137. The molecule has 126 valence electrons. The van der Waals surface area contributed by atoms with Crippen LogP contribution >= 0.6 is 0 Å². The van der Waals surface area contributed by atoms with Gasteiger partial charge in [-0.2, -0.15) is 0 Å². The zero-order chi connectivity index (χ0) is 18.2. The van der Waals surface area contributed by atoms with E-state index in [0.717, 1.165) is 7.11 Å². The summed E-state index contributed by atoms with van der Waals surface area (Å²) in [4.78, 5) is 35.9. The molecule has 7 nitrogen and oxygen atoms in total. The van der Waals surface area contributed by atoms with Crippen molar-refractivity contribution in [3.8, 4) is 11.5 Å². The summed E-state index contributed by atoms with van der Waals surface area (Å²) in [5, 5.41) is 29.8. The van der Waals surface area contributed by atoms with E-state index >= 15 is 0 Å². The van der Waals surface area contributed by atoms with Gasteiger partial charge in [0.25, 0.3) is 0 Å². The molecule has 1 aromatic carbocycles. The molecule has 0 saturated heterocycles. The number of aromatic hydroxyl groups is 2. The zero-order valence-corrected chi connectivity index (χ0v) is 13.3. The highest BCUT2D eigenvalue weighted by Crippen LogP contribution is 2.35. The smallest absolute Gasteiger partial charge is 0.228 e. The predicted octanol–water partition coefficient (Wildman–Crippen LogP) is 1.73. The number of ether oxygens (including phenoxy) is 1. The van der Waals surface area contributed by atoms with Crippen LogP contribution in [0.4, 0.5) is 0 Å². The van der Waals surface area contributed by atoms with Crippen molar-refractivity contribution in [2.24, 2.45) is 0 Å². The first-order valence-corrected chi connectivity index (χ1v) is 7.01. The molecular weight excluding hydrogens is 316 g/mol. The van der Waals surface area contributed by atoms with Gasteiger partial charge in [0.05, 0.1) is 12.7 Å². The van der Waals surface area contributed by atoms with Crippen LogP contribution in [0.2, 0.25) is 0 Å². The molecule has 7 heteroatoms. The Morgan fingerprint density at radius 1 is 1.12 bits per heavy atom. The van der Waals surface area contributed by atoms with Gasteiger partial charge >= 0.3 is 0 Å². The van der Waals surface area contributed by atoms with Gasteiger partial charge < -0.3 is 20.1 Å². The molecule has 0 atom stereocenters. The number of methoxy groups -OCH3 is 1. The third-order valence-electron chi connectivity index (χ3n) is 3.90. The van der Waals surface area contributed by atoms with Gasteiger partial charge in [-0.25, -0.2) is 0 Å². The van der Waals surface area contributed by atoms with Crippen LogP contribution in [0.5, 0.6) is 11.5 Å². The van der Waals surface area contributed by atoms with Gasteiger partial charge in [-0.1, -0.05) is 0 Å². The lowest BCUT2D eigenvalue weighted by Gasteiger charge is -2.19. The van der Waals surface area contributed by atoms with Gasteiger partial charge in [0.1, 0.15) is 11.5 Å². The number of aliphatic hydroxyl groups is 1. The highest BCUT2D eigenvalue weighted by Gasteiger charge is 2.34. The lowest BCUT2D eigenvalue weighted by atomic mass is 9.88. The summed E-state index contributed by atoms with van der Waals surface area (Å²) in [6, 6.07) is 2.49. The third-order valence-corrected chi connectivity index (χ3v) is 3.90. The Bertz CT molecular complexity index is 828. The number of phenolic OH excluding ortho intramolecular Hbond substituents is 2. The van der Waals surface area contributed by atoms with Crippen LogP contribution in [0.3, 0.4) is 0 Å². The van der Waals surface area contributed by atoms with Crippen LogP contribution in [0.25, 0.3) is 0 Å². The molecule has 0 unspecified atom stereocenters. The summed E-state index contributed by atoms with van der Waals surface area (Å²) in [6.45, 7) is 2.60. The SMILES string of the molecule is COC1=C(O)C(=O)C(C)=C(Cc2c(O)ccc(C(C)=O)c2O)C1=O.